The van der Waals surface area contributed by atoms with Crippen LogP contribution in [0.25, 0.3) is 0 Å². The quantitative estimate of drug-likeness (QED) is 0.443. The molecule has 0 saturated carbocycles. The monoisotopic (exact) mass is 238 g/mol. The minimum absolute atomic E-state index is 0.206. The fourth-order valence-electron chi connectivity index (χ4n) is 0.938. The van der Waals surface area contributed by atoms with E-state index in [9.17, 15) is 0 Å². The van der Waals surface area contributed by atoms with Crippen molar-refractivity contribution in [2.24, 2.45) is 0 Å². The summed E-state index contributed by atoms with van der Waals surface area (Å²) < 4.78 is 25.9. The third kappa shape index (κ3) is 4.17. The second-order valence-electron chi connectivity index (χ2n) is 2.48. The van der Waals surface area contributed by atoms with Crippen LogP contribution in [0.4, 0.5) is 0 Å². The second-order valence-corrected chi connectivity index (χ2v) is 7.36. The lowest BCUT2D eigenvalue weighted by Crippen LogP contribution is -2.46. The third-order valence-electron chi connectivity index (χ3n) is 1.85. The Labute approximate surface area is 88.8 Å². The van der Waals surface area contributed by atoms with Crippen molar-refractivity contribution < 1.29 is 22.8 Å². The first-order valence-electron chi connectivity index (χ1n) is 4.12. The third-order valence-corrected chi connectivity index (χ3v) is 7.07. The van der Waals surface area contributed by atoms with E-state index in [0.717, 1.165) is 0 Å². The summed E-state index contributed by atoms with van der Waals surface area (Å²) in [5.41, 5.74) is 0.697. The Kier molecular flexibility index (Phi) is 7.64. The van der Waals surface area contributed by atoms with Gasteiger partial charge in [0.15, 0.2) is 0 Å². The number of hydrogen-bond acceptors (Lipinski definition) is 5. The molecule has 0 atom stereocenters. The van der Waals surface area contributed by atoms with Crippen molar-refractivity contribution >= 4 is 18.3 Å². The molecule has 0 amide bonds. The molecule has 0 aromatic heterocycles. The average molecular weight is 238 g/mol. The highest BCUT2D eigenvalue weighted by molar-refractivity contribution is 6.71. The van der Waals surface area contributed by atoms with E-state index in [1.807, 2.05) is 0 Å². The first kappa shape index (κ1) is 14.2. The maximum atomic E-state index is 5.27. The summed E-state index contributed by atoms with van der Waals surface area (Å²) >= 11 is 0. The molecule has 0 heterocycles. The van der Waals surface area contributed by atoms with Crippen LogP contribution >= 0.6 is 0 Å². The van der Waals surface area contributed by atoms with Crippen LogP contribution in [0.1, 0.15) is 0 Å². The van der Waals surface area contributed by atoms with Crippen LogP contribution in [-0.4, -0.2) is 59.8 Å². The molecular weight excluding hydrogens is 220 g/mol. The molecular formula is C7H18O5Si2. The summed E-state index contributed by atoms with van der Waals surface area (Å²) in [5.74, 6) is -0.206. The van der Waals surface area contributed by atoms with E-state index in [1.54, 1.807) is 35.5 Å². The normalized spacial score (nSPS) is 12.4. The van der Waals surface area contributed by atoms with Crippen molar-refractivity contribution in [1.29, 1.82) is 0 Å². The minimum atomic E-state index is -2.46. The molecule has 7 heteroatoms. The second kappa shape index (κ2) is 7.52. The Balaban J connectivity index is 4.04. The van der Waals surface area contributed by atoms with Gasteiger partial charge in [0.2, 0.25) is 0 Å². The van der Waals surface area contributed by atoms with E-state index in [2.05, 4.69) is 0 Å². The van der Waals surface area contributed by atoms with E-state index in [-0.39, 0.29) is 5.91 Å². The fourth-order valence-corrected chi connectivity index (χ4v) is 5.17. The number of ether oxygens (including phenoxy) is 2. The Morgan fingerprint density at radius 3 is 1.64 bits per heavy atom. The number of rotatable bonds is 8. The van der Waals surface area contributed by atoms with Crippen LogP contribution in [0.15, 0.2) is 0 Å². The van der Waals surface area contributed by atoms with Crippen molar-refractivity contribution in [1.82, 2.24) is 0 Å². The van der Waals surface area contributed by atoms with Gasteiger partial charge in [-0.25, -0.2) is 0 Å². The van der Waals surface area contributed by atoms with Gasteiger partial charge in [-0.1, -0.05) is 0 Å². The Hall–Kier alpha value is 0.234. The molecule has 84 valence electrons. The van der Waals surface area contributed by atoms with Gasteiger partial charge < -0.3 is 22.8 Å². The molecule has 0 fully saturated rings. The van der Waals surface area contributed by atoms with Gasteiger partial charge in [-0.15, -0.1) is 0 Å². The molecule has 0 saturated heterocycles. The first-order valence-corrected chi connectivity index (χ1v) is 7.34. The molecule has 2 radical (unpaired) electrons. The number of methoxy groups -OCH3 is 2. The summed E-state index contributed by atoms with van der Waals surface area (Å²) in [7, 11) is 5.98. The molecule has 0 aromatic carbocycles. The lowest BCUT2D eigenvalue weighted by atomic mass is 11.3. The molecule has 0 aliphatic heterocycles. The van der Waals surface area contributed by atoms with E-state index in [4.69, 9.17) is 22.8 Å². The molecule has 0 aromatic rings. The van der Waals surface area contributed by atoms with E-state index < -0.39 is 8.80 Å². The molecule has 0 aliphatic rings. The Bertz CT molecular complexity index is 130. The lowest BCUT2D eigenvalue weighted by Gasteiger charge is -2.25. The highest BCUT2D eigenvalue weighted by Gasteiger charge is 2.38. The summed E-state index contributed by atoms with van der Waals surface area (Å²) in [6.45, 7) is 0. The van der Waals surface area contributed by atoms with Crippen LogP contribution in [0.2, 0.25) is 5.67 Å². The zero-order valence-corrected chi connectivity index (χ0v) is 11.3. The zero-order valence-electron chi connectivity index (χ0n) is 9.33. The number of hydrogen-bond donors (Lipinski definition) is 0. The van der Waals surface area contributed by atoms with Gasteiger partial charge in [0.25, 0.3) is 0 Å². The fraction of sp³-hybridized carbons (Fsp3) is 1.00. The van der Waals surface area contributed by atoms with Crippen LogP contribution in [-0.2, 0) is 22.8 Å². The summed E-state index contributed by atoms with van der Waals surface area (Å²) in [6, 6.07) is 0. The molecule has 0 rings (SSSR count). The highest BCUT2D eigenvalue weighted by Crippen LogP contribution is 2.12. The molecule has 5 nitrogen and oxygen atoms in total. The maximum absolute atomic E-state index is 5.27. The average Bonchev–Trinajstić information content (AvgIpc) is 2.26. The molecule has 0 aliphatic carbocycles. The van der Waals surface area contributed by atoms with Gasteiger partial charge in [-0.05, 0) is 0 Å². The molecule has 14 heavy (non-hydrogen) atoms. The summed E-state index contributed by atoms with van der Waals surface area (Å²) in [6.07, 6.45) is 0. The summed E-state index contributed by atoms with van der Waals surface area (Å²) in [5, 5.41) is 0. The van der Waals surface area contributed by atoms with Gasteiger partial charge in [-0.3, -0.25) is 0 Å². The van der Waals surface area contributed by atoms with Crippen LogP contribution in [0, 0.1) is 0 Å². The van der Waals surface area contributed by atoms with Crippen molar-refractivity contribution in [2.45, 2.75) is 11.6 Å². The van der Waals surface area contributed by atoms with Crippen molar-refractivity contribution in [3.63, 3.8) is 0 Å². The standard InChI is InChI=1S/C7H18O5Si2/c1-8-7(9-2)13-6-14(10-3,11-4)12-5/h7H,6H2,1-5H3. The molecule has 0 unspecified atom stereocenters. The van der Waals surface area contributed by atoms with Gasteiger partial charge in [0, 0.05) is 41.2 Å². The van der Waals surface area contributed by atoms with E-state index >= 15 is 0 Å². The largest absolute Gasteiger partial charge is 0.497 e. The minimum Gasteiger partial charge on any atom is -0.377 e. The zero-order chi connectivity index (χ0) is 11.0. The van der Waals surface area contributed by atoms with Gasteiger partial charge in [-0.2, -0.15) is 0 Å². The molecule has 0 N–H and O–H groups in total. The smallest absolute Gasteiger partial charge is 0.377 e. The van der Waals surface area contributed by atoms with Crippen LogP contribution < -0.4 is 0 Å². The predicted octanol–water partition coefficient (Wildman–Crippen LogP) is 0.103. The van der Waals surface area contributed by atoms with E-state index in [0.29, 0.717) is 15.2 Å². The van der Waals surface area contributed by atoms with Crippen molar-refractivity contribution in [3.8, 4) is 0 Å². The van der Waals surface area contributed by atoms with Crippen LogP contribution in [0.3, 0.4) is 0 Å². The predicted molar refractivity (Wildman–Crippen MR) is 55.1 cm³/mol. The van der Waals surface area contributed by atoms with Crippen LogP contribution in [0.5, 0.6) is 0 Å². The van der Waals surface area contributed by atoms with Crippen molar-refractivity contribution in [2.75, 3.05) is 35.5 Å². The van der Waals surface area contributed by atoms with Gasteiger partial charge in [0.1, 0.15) is 15.4 Å². The topological polar surface area (TPSA) is 46.2 Å². The highest BCUT2D eigenvalue weighted by atomic mass is 28.4. The Morgan fingerprint density at radius 1 is 0.929 bits per heavy atom. The lowest BCUT2D eigenvalue weighted by molar-refractivity contribution is -0.0442. The van der Waals surface area contributed by atoms with Gasteiger partial charge in [0.05, 0.1) is 0 Å². The first-order chi connectivity index (χ1) is 6.67. The summed E-state index contributed by atoms with van der Waals surface area (Å²) in [4.78, 5) is 0. The molecule has 0 spiro atoms. The molecule has 0 bridgehead atoms. The van der Waals surface area contributed by atoms with Crippen molar-refractivity contribution in [3.05, 3.63) is 0 Å². The van der Waals surface area contributed by atoms with E-state index in [1.165, 1.54) is 0 Å². The van der Waals surface area contributed by atoms with Gasteiger partial charge >= 0.3 is 8.80 Å². The Morgan fingerprint density at radius 2 is 1.36 bits per heavy atom. The maximum Gasteiger partial charge on any atom is 0.497 e. The SMILES string of the molecule is COC(OC)[Si]C[Si](OC)(OC)OC.